The van der Waals surface area contributed by atoms with Crippen molar-refractivity contribution < 1.29 is 32.3 Å². The van der Waals surface area contributed by atoms with Crippen LogP contribution in [0.4, 0.5) is 0 Å². The molecule has 9 heteroatoms. The first-order valence-electron chi connectivity index (χ1n) is 12.6. The summed E-state index contributed by atoms with van der Waals surface area (Å²) in [5, 5.41) is 0. The molecule has 0 aliphatic rings. The first kappa shape index (κ1) is 30.4. The van der Waals surface area contributed by atoms with Crippen molar-refractivity contribution in [2.45, 2.75) is 110 Å². The average Bonchev–Trinajstić information content (AvgIpc) is 2.75. The molecule has 0 aliphatic heterocycles. The van der Waals surface area contributed by atoms with Crippen LogP contribution in [0.2, 0.25) is 0 Å². The SMILES string of the molecule is CCCCCCCCCCCCCCCCCCOP(=O)(Oc1ccccc1)OP(=O)(O)O. The van der Waals surface area contributed by atoms with Crippen molar-refractivity contribution in [3.8, 4) is 5.75 Å². The van der Waals surface area contributed by atoms with Gasteiger partial charge in [0.2, 0.25) is 0 Å². The minimum Gasteiger partial charge on any atom is -0.404 e. The standard InChI is InChI=1S/C24H44O7P2/c1-2-3-4-5-6-7-8-9-10-11-12-13-14-15-16-20-23-29-33(28,31-32(25,26)27)30-24-21-18-17-19-22-24/h17-19,21-22H,2-16,20,23H2,1H3,(H2,25,26,27). The monoisotopic (exact) mass is 506 g/mol. The molecule has 0 heterocycles. The summed E-state index contributed by atoms with van der Waals surface area (Å²) in [5.74, 6) is 0.154. The van der Waals surface area contributed by atoms with E-state index in [2.05, 4.69) is 11.2 Å². The first-order valence-corrected chi connectivity index (χ1v) is 15.6. The molecular weight excluding hydrogens is 462 g/mol. The Morgan fingerprint density at radius 1 is 0.667 bits per heavy atom. The van der Waals surface area contributed by atoms with Crippen LogP contribution in [0, 0.1) is 0 Å². The maximum atomic E-state index is 12.6. The van der Waals surface area contributed by atoms with Gasteiger partial charge >= 0.3 is 15.6 Å². The van der Waals surface area contributed by atoms with Crippen LogP contribution >= 0.6 is 15.6 Å². The molecular formula is C24H44O7P2. The van der Waals surface area contributed by atoms with Gasteiger partial charge in [0, 0.05) is 0 Å². The van der Waals surface area contributed by atoms with Gasteiger partial charge in [0.25, 0.3) is 0 Å². The molecule has 2 N–H and O–H groups in total. The first-order chi connectivity index (χ1) is 15.8. The van der Waals surface area contributed by atoms with Crippen LogP contribution in [0.3, 0.4) is 0 Å². The number of hydrogen-bond acceptors (Lipinski definition) is 5. The van der Waals surface area contributed by atoms with E-state index in [-0.39, 0.29) is 12.4 Å². The summed E-state index contributed by atoms with van der Waals surface area (Å²) in [6.07, 6.45) is 19.8. The van der Waals surface area contributed by atoms with E-state index in [9.17, 15) is 9.13 Å². The Labute approximate surface area is 200 Å². The summed E-state index contributed by atoms with van der Waals surface area (Å²) in [5.41, 5.74) is 0. The van der Waals surface area contributed by atoms with Gasteiger partial charge in [-0.15, -0.1) is 0 Å². The van der Waals surface area contributed by atoms with Gasteiger partial charge in [-0.2, -0.15) is 4.31 Å². The molecule has 1 aromatic carbocycles. The van der Waals surface area contributed by atoms with Gasteiger partial charge in [-0.1, -0.05) is 121 Å². The number of phosphoric acid groups is 2. The third-order valence-corrected chi connectivity index (χ3v) is 8.00. The van der Waals surface area contributed by atoms with Gasteiger partial charge in [-0.3, -0.25) is 4.52 Å². The minimum absolute atomic E-state index is 0.0442. The Balaban J connectivity index is 2.04. The lowest BCUT2D eigenvalue weighted by atomic mass is 10.0. The molecule has 0 bridgehead atoms. The van der Waals surface area contributed by atoms with E-state index in [1.54, 1.807) is 18.2 Å². The maximum Gasteiger partial charge on any atom is 0.539 e. The number of hydrogen-bond donors (Lipinski definition) is 2. The number of benzene rings is 1. The van der Waals surface area contributed by atoms with Crippen molar-refractivity contribution in [1.82, 2.24) is 0 Å². The van der Waals surface area contributed by atoms with Crippen LogP contribution in [-0.4, -0.2) is 16.4 Å². The van der Waals surface area contributed by atoms with Crippen LogP contribution in [0.25, 0.3) is 0 Å². The van der Waals surface area contributed by atoms with E-state index in [0.717, 1.165) is 19.3 Å². The molecule has 192 valence electrons. The second-order valence-corrected chi connectivity index (χ2v) is 11.5. The van der Waals surface area contributed by atoms with E-state index < -0.39 is 15.6 Å². The summed E-state index contributed by atoms with van der Waals surface area (Å²) in [7, 11) is -9.45. The lowest BCUT2D eigenvalue weighted by molar-refractivity contribution is 0.181. The van der Waals surface area contributed by atoms with E-state index in [1.807, 2.05) is 0 Å². The highest BCUT2D eigenvalue weighted by Gasteiger charge is 2.37. The number of rotatable bonds is 22. The maximum absolute atomic E-state index is 12.6. The van der Waals surface area contributed by atoms with Gasteiger partial charge in [-0.25, -0.2) is 9.13 Å². The fraction of sp³-hybridized carbons (Fsp3) is 0.750. The summed E-state index contributed by atoms with van der Waals surface area (Å²) >= 11 is 0. The average molecular weight is 507 g/mol. The van der Waals surface area contributed by atoms with E-state index in [1.165, 1.54) is 89.2 Å². The Morgan fingerprint density at radius 3 is 1.52 bits per heavy atom. The molecule has 0 saturated carbocycles. The van der Waals surface area contributed by atoms with Gasteiger partial charge in [-0.05, 0) is 18.6 Å². The van der Waals surface area contributed by atoms with E-state index in [0.29, 0.717) is 6.42 Å². The van der Waals surface area contributed by atoms with Crippen LogP contribution in [0.15, 0.2) is 30.3 Å². The van der Waals surface area contributed by atoms with Crippen molar-refractivity contribution in [3.63, 3.8) is 0 Å². The third-order valence-electron chi connectivity index (χ3n) is 5.41. The van der Waals surface area contributed by atoms with E-state index in [4.69, 9.17) is 18.8 Å². The minimum atomic E-state index is -5.03. The van der Waals surface area contributed by atoms with Gasteiger partial charge in [0.1, 0.15) is 5.75 Å². The topological polar surface area (TPSA) is 102 Å². The lowest BCUT2D eigenvalue weighted by Gasteiger charge is -2.18. The molecule has 33 heavy (non-hydrogen) atoms. The Kier molecular flexibility index (Phi) is 17.1. The molecule has 7 nitrogen and oxygen atoms in total. The van der Waals surface area contributed by atoms with Crippen molar-refractivity contribution in [1.29, 1.82) is 0 Å². The molecule has 0 radical (unpaired) electrons. The van der Waals surface area contributed by atoms with Gasteiger partial charge in [0.05, 0.1) is 6.61 Å². The zero-order chi connectivity index (χ0) is 24.3. The second kappa shape index (κ2) is 18.6. The fourth-order valence-electron chi connectivity index (χ4n) is 3.63. The van der Waals surface area contributed by atoms with Gasteiger partial charge in [0.15, 0.2) is 0 Å². The smallest absolute Gasteiger partial charge is 0.404 e. The summed E-state index contributed by atoms with van der Waals surface area (Å²) < 4.78 is 38.4. The summed E-state index contributed by atoms with van der Waals surface area (Å²) in [6, 6.07) is 8.04. The molecule has 0 fully saturated rings. The van der Waals surface area contributed by atoms with Crippen molar-refractivity contribution in [2.75, 3.05) is 6.61 Å². The summed E-state index contributed by atoms with van der Waals surface area (Å²) in [6.45, 7) is 2.30. The molecule has 1 atom stereocenters. The number of unbranched alkanes of at least 4 members (excludes halogenated alkanes) is 15. The molecule has 0 spiro atoms. The van der Waals surface area contributed by atoms with Crippen molar-refractivity contribution >= 4 is 15.6 Å². The quantitative estimate of drug-likeness (QED) is 0.120. The fourth-order valence-corrected chi connectivity index (χ4v) is 5.78. The normalized spacial score (nSPS) is 13.7. The highest BCUT2D eigenvalue weighted by atomic mass is 31.3. The van der Waals surface area contributed by atoms with E-state index >= 15 is 0 Å². The molecule has 0 amide bonds. The number of phosphoric ester groups is 1. The molecule has 1 unspecified atom stereocenters. The summed E-state index contributed by atoms with van der Waals surface area (Å²) in [4.78, 5) is 18.1. The Hall–Kier alpha value is -0.680. The second-order valence-electron chi connectivity index (χ2n) is 8.56. The highest BCUT2D eigenvalue weighted by molar-refractivity contribution is 7.61. The van der Waals surface area contributed by atoms with Crippen LogP contribution in [0.5, 0.6) is 5.75 Å². The zero-order valence-electron chi connectivity index (χ0n) is 20.2. The number of para-hydroxylation sites is 1. The predicted octanol–water partition coefficient (Wildman–Crippen LogP) is 8.56. The van der Waals surface area contributed by atoms with Crippen molar-refractivity contribution in [2.24, 2.45) is 0 Å². The van der Waals surface area contributed by atoms with Crippen LogP contribution in [-0.2, 0) is 18.0 Å². The van der Waals surface area contributed by atoms with Crippen molar-refractivity contribution in [3.05, 3.63) is 30.3 Å². The van der Waals surface area contributed by atoms with Crippen LogP contribution in [0.1, 0.15) is 110 Å². The lowest BCUT2D eigenvalue weighted by Crippen LogP contribution is -2.03. The Bertz CT molecular complexity index is 679. The molecule has 0 aliphatic carbocycles. The predicted molar refractivity (Wildman–Crippen MR) is 133 cm³/mol. The molecule has 1 rings (SSSR count). The third kappa shape index (κ3) is 18.3. The molecule has 1 aromatic rings. The largest absolute Gasteiger partial charge is 0.539 e. The highest BCUT2D eigenvalue weighted by Crippen LogP contribution is 2.60. The zero-order valence-corrected chi connectivity index (χ0v) is 22.0. The molecule has 0 aromatic heterocycles. The molecule has 0 saturated heterocycles. The van der Waals surface area contributed by atoms with Crippen LogP contribution < -0.4 is 4.52 Å². The Morgan fingerprint density at radius 2 is 1.09 bits per heavy atom. The van der Waals surface area contributed by atoms with Gasteiger partial charge < -0.3 is 14.3 Å².